The zero-order chi connectivity index (χ0) is 28.9. The molecule has 2 aromatic carbocycles. The van der Waals surface area contributed by atoms with Gasteiger partial charge in [-0.1, -0.05) is 77.1 Å². The van der Waals surface area contributed by atoms with Crippen molar-refractivity contribution in [3.8, 4) is 23.3 Å². The SMILES string of the molecule is CCCCCCCOc1c(F)c(F)c(C#Cc2ccc(OC(=O)C3CCC(CCCCC)CC3)cc2)c(F)c1F. The Labute approximate surface area is 235 Å². The van der Waals surface area contributed by atoms with Crippen molar-refractivity contribution >= 4 is 5.97 Å². The van der Waals surface area contributed by atoms with Crippen molar-refractivity contribution in [2.24, 2.45) is 11.8 Å². The fraction of sp³-hybridized carbons (Fsp3) is 0.545. The van der Waals surface area contributed by atoms with Crippen LogP contribution in [0, 0.1) is 46.9 Å². The summed E-state index contributed by atoms with van der Waals surface area (Å²) in [5.41, 5.74) is -0.675. The highest BCUT2D eigenvalue weighted by molar-refractivity contribution is 5.75. The molecule has 0 atom stereocenters. The number of rotatable bonds is 13. The van der Waals surface area contributed by atoms with Crippen LogP contribution in [0.1, 0.15) is 108 Å². The van der Waals surface area contributed by atoms with Crippen LogP contribution in [0.25, 0.3) is 0 Å². The fourth-order valence-electron chi connectivity index (χ4n) is 5.04. The summed E-state index contributed by atoms with van der Waals surface area (Å²) in [5, 5.41) is 0. The minimum Gasteiger partial charge on any atom is -0.487 e. The van der Waals surface area contributed by atoms with Gasteiger partial charge in [-0.25, -0.2) is 8.78 Å². The van der Waals surface area contributed by atoms with Crippen LogP contribution >= 0.6 is 0 Å². The summed E-state index contributed by atoms with van der Waals surface area (Å²) >= 11 is 0. The molecule has 0 N–H and O–H groups in total. The van der Waals surface area contributed by atoms with E-state index >= 15 is 0 Å². The summed E-state index contributed by atoms with van der Waals surface area (Å²) in [6.07, 6.45) is 13.0. The van der Waals surface area contributed by atoms with E-state index in [9.17, 15) is 22.4 Å². The molecule has 1 aliphatic carbocycles. The van der Waals surface area contributed by atoms with Gasteiger partial charge in [0.05, 0.1) is 12.5 Å². The van der Waals surface area contributed by atoms with Gasteiger partial charge in [-0.15, -0.1) is 0 Å². The number of ether oxygens (including phenoxy) is 2. The van der Waals surface area contributed by atoms with Crippen molar-refractivity contribution < 1.29 is 31.8 Å². The largest absolute Gasteiger partial charge is 0.487 e. The van der Waals surface area contributed by atoms with Gasteiger partial charge in [-0.05, 0) is 62.3 Å². The van der Waals surface area contributed by atoms with Crippen LogP contribution in [-0.4, -0.2) is 12.6 Å². The van der Waals surface area contributed by atoms with Crippen LogP contribution in [0.3, 0.4) is 0 Å². The zero-order valence-electron chi connectivity index (χ0n) is 23.6. The first-order chi connectivity index (χ1) is 19.3. The Kier molecular flexibility index (Phi) is 12.8. The van der Waals surface area contributed by atoms with Crippen molar-refractivity contribution in [1.29, 1.82) is 0 Å². The summed E-state index contributed by atoms with van der Waals surface area (Å²) in [6.45, 7) is 4.21. The van der Waals surface area contributed by atoms with Crippen LogP contribution in [-0.2, 0) is 4.79 Å². The maximum absolute atomic E-state index is 14.5. The smallest absolute Gasteiger partial charge is 0.314 e. The van der Waals surface area contributed by atoms with Gasteiger partial charge in [0.2, 0.25) is 11.6 Å². The summed E-state index contributed by atoms with van der Waals surface area (Å²) in [7, 11) is 0. The Hall–Kier alpha value is -3.01. The van der Waals surface area contributed by atoms with Crippen molar-refractivity contribution in [1.82, 2.24) is 0 Å². The molecule has 7 heteroatoms. The number of hydrogen-bond acceptors (Lipinski definition) is 3. The van der Waals surface area contributed by atoms with Gasteiger partial charge in [0.25, 0.3) is 0 Å². The lowest BCUT2D eigenvalue weighted by atomic mass is 9.80. The molecule has 0 spiro atoms. The molecule has 0 unspecified atom stereocenters. The van der Waals surface area contributed by atoms with Crippen LogP contribution in [0.5, 0.6) is 11.5 Å². The molecule has 1 aliphatic rings. The maximum Gasteiger partial charge on any atom is 0.314 e. The predicted molar refractivity (Wildman–Crippen MR) is 148 cm³/mol. The summed E-state index contributed by atoms with van der Waals surface area (Å²) in [4.78, 5) is 12.6. The Bertz CT molecular complexity index is 1130. The second-order valence-corrected chi connectivity index (χ2v) is 10.6. The topological polar surface area (TPSA) is 35.5 Å². The van der Waals surface area contributed by atoms with E-state index in [4.69, 9.17) is 9.47 Å². The van der Waals surface area contributed by atoms with Gasteiger partial charge >= 0.3 is 5.97 Å². The second kappa shape index (κ2) is 16.3. The molecule has 3 rings (SSSR count). The van der Waals surface area contributed by atoms with E-state index in [-0.39, 0.29) is 18.5 Å². The number of halogens is 4. The monoisotopic (exact) mass is 560 g/mol. The highest BCUT2D eigenvalue weighted by atomic mass is 19.2. The average molecular weight is 561 g/mol. The summed E-state index contributed by atoms with van der Waals surface area (Å²) < 4.78 is 68.5. The Morgan fingerprint density at radius 2 is 1.38 bits per heavy atom. The molecule has 0 aliphatic heterocycles. The van der Waals surface area contributed by atoms with Crippen LogP contribution in [0.2, 0.25) is 0 Å². The van der Waals surface area contributed by atoms with Gasteiger partial charge in [0.15, 0.2) is 17.4 Å². The molecule has 40 heavy (non-hydrogen) atoms. The molecule has 0 heterocycles. The lowest BCUT2D eigenvalue weighted by Crippen LogP contribution is -2.25. The van der Waals surface area contributed by atoms with E-state index in [1.54, 1.807) is 0 Å². The van der Waals surface area contributed by atoms with Crippen molar-refractivity contribution in [3.63, 3.8) is 0 Å². The number of hydrogen-bond donors (Lipinski definition) is 0. The molecule has 1 saturated carbocycles. The number of unbranched alkanes of at least 4 members (excludes halogenated alkanes) is 6. The molecule has 0 amide bonds. The molecule has 0 bridgehead atoms. The fourth-order valence-corrected chi connectivity index (χ4v) is 5.04. The molecule has 3 nitrogen and oxygen atoms in total. The third-order valence-corrected chi connectivity index (χ3v) is 7.52. The van der Waals surface area contributed by atoms with E-state index in [0.29, 0.717) is 23.7 Å². The number of carbonyl (C=O) groups excluding carboxylic acids is 1. The normalized spacial score (nSPS) is 16.8. The van der Waals surface area contributed by atoms with Gasteiger partial charge < -0.3 is 9.47 Å². The summed E-state index contributed by atoms with van der Waals surface area (Å²) in [5.74, 6) is -2.12. The van der Waals surface area contributed by atoms with Gasteiger partial charge in [-0.3, -0.25) is 4.79 Å². The van der Waals surface area contributed by atoms with Gasteiger partial charge in [-0.2, -0.15) is 8.78 Å². The number of carbonyl (C=O) groups is 1. The third-order valence-electron chi connectivity index (χ3n) is 7.52. The molecule has 2 aromatic rings. The first-order valence-electron chi connectivity index (χ1n) is 14.7. The first-order valence-corrected chi connectivity index (χ1v) is 14.7. The minimum absolute atomic E-state index is 0.0430. The molecule has 0 saturated heterocycles. The van der Waals surface area contributed by atoms with E-state index in [1.807, 2.05) is 0 Å². The highest BCUT2D eigenvalue weighted by Gasteiger charge is 2.28. The lowest BCUT2D eigenvalue weighted by molar-refractivity contribution is -0.140. The van der Waals surface area contributed by atoms with Crippen molar-refractivity contribution in [3.05, 3.63) is 58.7 Å². The van der Waals surface area contributed by atoms with Crippen LogP contribution < -0.4 is 9.47 Å². The van der Waals surface area contributed by atoms with E-state index in [0.717, 1.165) is 51.4 Å². The number of esters is 1. The third kappa shape index (κ3) is 9.01. The molecule has 1 fully saturated rings. The molecular weight excluding hydrogens is 520 g/mol. The zero-order valence-corrected chi connectivity index (χ0v) is 23.6. The molecular formula is C33H40F4O3. The molecule has 0 aromatic heterocycles. The quantitative estimate of drug-likeness (QED) is 0.0612. The Morgan fingerprint density at radius 1 is 0.775 bits per heavy atom. The predicted octanol–water partition coefficient (Wildman–Crippen LogP) is 9.28. The van der Waals surface area contributed by atoms with Crippen LogP contribution in [0.15, 0.2) is 24.3 Å². The second-order valence-electron chi connectivity index (χ2n) is 10.6. The molecule has 0 radical (unpaired) electrons. The van der Waals surface area contributed by atoms with Gasteiger partial charge in [0, 0.05) is 5.56 Å². The van der Waals surface area contributed by atoms with E-state index < -0.39 is 34.6 Å². The standard InChI is InChI=1S/C33H40F4O3/c1-3-5-7-8-10-22-39-32-30(36)28(34)27(29(35)31(32)37)21-16-24-14-19-26(20-15-24)40-33(38)25-17-12-23(13-18-25)11-9-6-4-2/h14-15,19-20,23,25H,3-13,17-18,22H2,1-2H3. The maximum atomic E-state index is 14.5. The Balaban J connectivity index is 1.57. The van der Waals surface area contributed by atoms with Crippen molar-refractivity contribution in [2.75, 3.05) is 6.61 Å². The summed E-state index contributed by atoms with van der Waals surface area (Å²) in [6, 6.07) is 6.09. The van der Waals surface area contributed by atoms with E-state index in [2.05, 4.69) is 25.7 Å². The first kappa shape index (κ1) is 31.5. The van der Waals surface area contributed by atoms with Crippen molar-refractivity contribution in [2.45, 2.75) is 97.3 Å². The van der Waals surface area contributed by atoms with Gasteiger partial charge in [0.1, 0.15) is 11.3 Å². The average Bonchev–Trinajstić information content (AvgIpc) is 2.96. The molecule has 218 valence electrons. The minimum atomic E-state index is -1.60. The highest BCUT2D eigenvalue weighted by Crippen LogP contribution is 2.33. The Morgan fingerprint density at radius 3 is 2.00 bits per heavy atom. The number of benzene rings is 2. The van der Waals surface area contributed by atoms with Crippen LogP contribution in [0.4, 0.5) is 17.6 Å². The van der Waals surface area contributed by atoms with E-state index in [1.165, 1.54) is 49.9 Å². The lowest BCUT2D eigenvalue weighted by Gasteiger charge is -2.27.